The predicted octanol–water partition coefficient (Wildman–Crippen LogP) is 2.84. The molecule has 1 saturated heterocycles. The number of hydrogen-bond donors (Lipinski definition) is 0. The molecule has 1 aliphatic rings. The van der Waals surface area contributed by atoms with Crippen molar-refractivity contribution in [1.82, 2.24) is 9.80 Å². The number of rotatable bonds is 4. The van der Waals surface area contributed by atoms with Crippen LogP contribution in [0.25, 0.3) is 0 Å². The molecule has 2 heteroatoms. The smallest absolute Gasteiger partial charge is 0.0110 e. The van der Waals surface area contributed by atoms with Gasteiger partial charge in [-0.3, -0.25) is 0 Å². The van der Waals surface area contributed by atoms with Crippen molar-refractivity contribution < 1.29 is 0 Å². The molecule has 0 amide bonds. The first-order valence-electron chi connectivity index (χ1n) is 6.65. The quantitative estimate of drug-likeness (QED) is 0.710. The molecule has 0 aromatic rings. The van der Waals surface area contributed by atoms with E-state index in [9.17, 15) is 0 Å². The molecule has 92 valence electrons. The van der Waals surface area contributed by atoms with E-state index in [0.717, 1.165) is 0 Å². The molecule has 0 aliphatic carbocycles. The van der Waals surface area contributed by atoms with Crippen molar-refractivity contribution in [3.8, 4) is 0 Å². The molecular formula is C13H30N2. The fraction of sp³-hybridized carbons (Fsp3) is 1.00. The van der Waals surface area contributed by atoms with Gasteiger partial charge in [0.1, 0.15) is 0 Å². The highest BCUT2D eigenvalue weighted by atomic mass is 15.2. The largest absolute Gasteiger partial charge is 0.304 e. The van der Waals surface area contributed by atoms with Crippen molar-refractivity contribution in [2.45, 2.75) is 46.5 Å². The van der Waals surface area contributed by atoms with Crippen LogP contribution in [0, 0.1) is 0 Å². The van der Waals surface area contributed by atoms with Gasteiger partial charge in [0, 0.05) is 26.2 Å². The van der Waals surface area contributed by atoms with E-state index in [4.69, 9.17) is 0 Å². The van der Waals surface area contributed by atoms with Crippen LogP contribution in [0.2, 0.25) is 0 Å². The van der Waals surface area contributed by atoms with Gasteiger partial charge in [-0.05, 0) is 20.0 Å². The van der Waals surface area contributed by atoms with E-state index in [1.54, 1.807) is 0 Å². The minimum Gasteiger partial charge on any atom is -0.304 e. The minimum atomic E-state index is 1.25. The van der Waals surface area contributed by atoms with E-state index in [-0.39, 0.29) is 0 Å². The van der Waals surface area contributed by atoms with Gasteiger partial charge in [-0.15, -0.1) is 0 Å². The maximum absolute atomic E-state index is 2.54. The highest BCUT2D eigenvalue weighted by molar-refractivity contribution is 4.67. The third-order valence-corrected chi connectivity index (χ3v) is 2.84. The lowest BCUT2D eigenvalue weighted by atomic mass is 10.3. The Labute approximate surface area is 96.6 Å². The van der Waals surface area contributed by atoms with Crippen LogP contribution >= 0.6 is 0 Å². The van der Waals surface area contributed by atoms with Gasteiger partial charge in [-0.25, -0.2) is 0 Å². The molecule has 1 fully saturated rings. The third-order valence-electron chi connectivity index (χ3n) is 2.84. The molecule has 0 unspecified atom stereocenters. The third kappa shape index (κ3) is 8.88. The van der Waals surface area contributed by atoms with Crippen molar-refractivity contribution in [2.75, 3.05) is 39.8 Å². The Morgan fingerprint density at radius 1 is 0.800 bits per heavy atom. The van der Waals surface area contributed by atoms with Crippen LogP contribution in [0.3, 0.4) is 0 Å². The summed E-state index contributed by atoms with van der Waals surface area (Å²) in [6, 6.07) is 0. The first-order chi connectivity index (χ1) is 7.24. The first-order valence-corrected chi connectivity index (χ1v) is 6.65. The van der Waals surface area contributed by atoms with Crippen LogP contribution in [0.1, 0.15) is 46.5 Å². The fourth-order valence-electron chi connectivity index (χ4n) is 1.74. The van der Waals surface area contributed by atoms with Crippen LogP contribution in [0.4, 0.5) is 0 Å². The van der Waals surface area contributed by atoms with E-state index in [1.807, 2.05) is 0 Å². The van der Waals surface area contributed by atoms with Crippen LogP contribution in [-0.2, 0) is 0 Å². The normalized spacial score (nSPS) is 18.4. The highest BCUT2D eigenvalue weighted by Gasteiger charge is 2.11. The zero-order valence-electron chi connectivity index (χ0n) is 11.3. The van der Waals surface area contributed by atoms with Crippen LogP contribution in [0.5, 0.6) is 0 Å². The summed E-state index contributed by atoms with van der Waals surface area (Å²) in [6.45, 7) is 13.0. The molecule has 1 heterocycles. The second kappa shape index (κ2) is 10.4. The lowest BCUT2D eigenvalue weighted by Gasteiger charge is -2.31. The van der Waals surface area contributed by atoms with Gasteiger partial charge >= 0.3 is 0 Å². The lowest BCUT2D eigenvalue weighted by Crippen LogP contribution is -2.44. The fourth-order valence-corrected chi connectivity index (χ4v) is 1.74. The van der Waals surface area contributed by atoms with Crippen molar-refractivity contribution in [3.63, 3.8) is 0 Å². The molecule has 0 atom stereocenters. The molecule has 0 N–H and O–H groups in total. The molecule has 0 aromatic carbocycles. The van der Waals surface area contributed by atoms with Crippen LogP contribution in [0.15, 0.2) is 0 Å². The second-order valence-electron chi connectivity index (χ2n) is 4.50. The summed E-state index contributed by atoms with van der Waals surface area (Å²) in [6.07, 6.45) is 5.37. The summed E-state index contributed by atoms with van der Waals surface area (Å²) < 4.78 is 0. The Kier molecular flexibility index (Phi) is 10.4. The average Bonchev–Trinajstić information content (AvgIpc) is 2.24. The van der Waals surface area contributed by atoms with E-state index in [0.29, 0.717) is 0 Å². The number of unbranched alkanes of at least 4 members (excludes halogenated alkanes) is 2. The zero-order chi connectivity index (χ0) is 11.5. The Bertz CT molecular complexity index is 116. The molecule has 1 aliphatic heterocycles. The van der Waals surface area contributed by atoms with E-state index in [1.165, 1.54) is 58.4 Å². The Morgan fingerprint density at radius 3 is 1.67 bits per heavy atom. The second-order valence-corrected chi connectivity index (χ2v) is 4.50. The molecule has 15 heavy (non-hydrogen) atoms. The standard InChI is InChI=1S/C8H18N2.C5H12/c1-3-4-10-7-5-9(2)6-8-10;1-3-5-4-2/h3-8H2,1-2H3;3-5H2,1-2H3. The minimum absolute atomic E-state index is 1.25. The molecule has 2 nitrogen and oxygen atoms in total. The Balaban J connectivity index is 0.000000336. The Hall–Kier alpha value is -0.0800. The molecule has 0 aromatic heterocycles. The van der Waals surface area contributed by atoms with E-state index < -0.39 is 0 Å². The van der Waals surface area contributed by atoms with Gasteiger partial charge in [-0.1, -0.05) is 40.0 Å². The van der Waals surface area contributed by atoms with Gasteiger partial charge in [0.2, 0.25) is 0 Å². The molecule has 0 spiro atoms. The van der Waals surface area contributed by atoms with Crippen LogP contribution in [-0.4, -0.2) is 49.6 Å². The number of piperazine rings is 1. The average molecular weight is 214 g/mol. The zero-order valence-corrected chi connectivity index (χ0v) is 11.3. The van der Waals surface area contributed by atoms with Gasteiger partial charge < -0.3 is 9.80 Å². The maximum atomic E-state index is 2.54. The summed E-state index contributed by atoms with van der Waals surface area (Å²) in [7, 11) is 2.20. The summed E-state index contributed by atoms with van der Waals surface area (Å²) in [5.74, 6) is 0. The van der Waals surface area contributed by atoms with E-state index in [2.05, 4.69) is 37.6 Å². The van der Waals surface area contributed by atoms with Crippen molar-refractivity contribution in [2.24, 2.45) is 0 Å². The lowest BCUT2D eigenvalue weighted by molar-refractivity contribution is 0.154. The number of hydrogen-bond acceptors (Lipinski definition) is 2. The van der Waals surface area contributed by atoms with Crippen molar-refractivity contribution in [3.05, 3.63) is 0 Å². The molecule has 0 bridgehead atoms. The Morgan fingerprint density at radius 2 is 1.33 bits per heavy atom. The summed E-state index contributed by atoms with van der Waals surface area (Å²) in [5.41, 5.74) is 0. The van der Waals surface area contributed by atoms with Crippen LogP contribution < -0.4 is 0 Å². The van der Waals surface area contributed by atoms with Gasteiger partial charge in [0.25, 0.3) is 0 Å². The van der Waals surface area contributed by atoms with Gasteiger partial charge in [0.15, 0.2) is 0 Å². The molecule has 1 rings (SSSR count). The molecule has 0 saturated carbocycles. The summed E-state index contributed by atoms with van der Waals surface area (Å²) in [4.78, 5) is 4.94. The highest BCUT2D eigenvalue weighted by Crippen LogP contribution is 1.98. The van der Waals surface area contributed by atoms with Gasteiger partial charge in [-0.2, -0.15) is 0 Å². The van der Waals surface area contributed by atoms with Crippen molar-refractivity contribution >= 4 is 0 Å². The predicted molar refractivity (Wildman–Crippen MR) is 69.4 cm³/mol. The topological polar surface area (TPSA) is 6.48 Å². The van der Waals surface area contributed by atoms with E-state index >= 15 is 0 Å². The SMILES string of the molecule is CCCCC.CCCN1CCN(C)CC1. The summed E-state index contributed by atoms with van der Waals surface area (Å²) >= 11 is 0. The first kappa shape index (κ1) is 14.9. The summed E-state index contributed by atoms with van der Waals surface area (Å²) in [5, 5.41) is 0. The maximum Gasteiger partial charge on any atom is 0.0110 e. The van der Waals surface area contributed by atoms with Crippen molar-refractivity contribution in [1.29, 1.82) is 0 Å². The monoisotopic (exact) mass is 214 g/mol. The molecular weight excluding hydrogens is 184 g/mol. The number of likely N-dealkylation sites (N-methyl/N-ethyl adjacent to an activating group) is 1. The molecule has 0 radical (unpaired) electrons. The van der Waals surface area contributed by atoms with Gasteiger partial charge in [0.05, 0.1) is 0 Å². The number of nitrogens with zero attached hydrogens (tertiary/aromatic N) is 2.